The van der Waals surface area contributed by atoms with Crippen LogP contribution in [0, 0.1) is 5.41 Å². The normalized spacial score (nSPS) is 23.9. The van der Waals surface area contributed by atoms with Gasteiger partial charge in [-0.15, -0.1) is 0 Å². The maximum Gasteiger partial charge on any atom is 0.230 e. The first-order valence-corrected chi connectivity index (χ1v) is 8.06. The number of likely N-dealkylation sites (tertiary alicyclic amines) is 1. The van der Waals surface area contributed by atoms with Crippen LogP contribution in [0.5, 0.6) is 0 Å². The van der Waals surface area contributed by atoms with Crippen molar-refractivity contribution in [2.45, 2.75) is 38.9 Å². The van der Waals surface area contributed by atoms with Gasteiger partial charge in [-0.1, -0.05) is 37.3 Å². The van der Waals surface area contributed by atoms with Crippen LogP contribution in [0.4, 0.5) is 0 Å². The highest BCUT2D eigenvalue weighted by atomic mass is 16.7. The van der Waals surface area contributed by atoms with Gasteiger partial charge in [-0.2, -0.15) is 0 Å². The van der Waals surface area contributed by atoms with E-state index in [0.717, 1.165) is 25.1 Å². The van der Waals surface area contributed by atoms with Crippen LogP contribution in [0.25, 0.3) is 0 Å². The summed E-state index contributed by atoms with van der Waals surface area (Å²) in [5, 5.41) is 0. The molecule has 1 atom stereocenters. The molecule has 4 heteroatoms. The molecular weight excluding hydrogens is 278 g/mol. The van der Waals surface area contributed by atoms with E-state index < -0.39 is 5.79 Å². The molecule has 1 spiro atoms. The molecule has 2 fully saturated rings. The van der Waals surface area contributed by atoms with Crippen molar-refractivity contribution in [2.75, 3.05) is 26.3 Å². The van der Waals surface area contributed by atoms with Crippen molar-refractivity contribution < 1.29 is 14.3 Å². The molecule has 2 aliphatic heterocycles. The number of hydrogen-bond acceptors (Lipinski definition) is 3. The molecule has 0 saturated carbocycles. The lowest BCUT2D eigenvalue weighted by Crippen LogP contribution is -2.66. The molecular formula is C18H25NO3. The summed E-state index contributed by atoms with van der Waals surface area (Å²) in [5.74, 6) is -0.310. The first-order chi connectivity index (χ1) is 10.4. The Morgan fingerprint density at radius 1 is 1.18 bits per heavy atom. The molecule has 2 aliphatic rings. The molecule has 2 saturated heterocycles. The van der Waals surface area contributed by atoms with Gasteiger partial charge in [0.2, 0.25) is 5.91 Å². The van der Waals surface area contributed by atoms with Gasteiger partial charge < -0.3 is 14.4 Å². The lowest BCUT2D eigenvalue weighted by atomic mass is 9.79. The first-order valence-electron chi connectivity index (χ1n) is 8.06. The topological polar surface area (TPSA) is 38.8 Å². The lowest BCUT2D eigenvalue weighted by Gasteiger charge is -2.54. The minimum absolute atomic E-state index is 0.000158. The summed E-state index contributed by atoms with van der Waals surface area (Å²) in [4.78, 5) is 14.7. The first kappa shape index (κ1) is 15.5. The average Bonchev–Trinajstić information content (AvgIpc) is 2.47. The van der Waals surface area contributed by atoms with Crippen molar-refractivity contribution >= 4 is 5.91 Å². The van der Waals surface area contributed by atoms with Crippen molar-refractivity contribution in [3.05, 3.63) is 35.9 Å². The van der Waals surface area contributed by atoms with E-state index in [4.69, 9.17) is 9.47 Å². The Bertz CT molecular complexity index is 523. The van der Waals surface area contributed by atoms with Gasteiger partial charge in [-0.3, -0.25) is 4.79 Å². The number of amides is 1. The Kier molecular flexibility index (Phi) is 4.00. The highest BCUT2D eigenvalue weighted by Crippen LogP contribution is 2.39. The molecule has 1 aromatic rings. The van der Waals surface area contributed by atoms with Gasteiger partial charge in [0.1, 0.15) is 0 Å². The van der Waals surface area contributed by atoms with E-state index in [1.165, 1.54) is 0 Å². The molecule has 3 rings (SSSR count). The molecule has 1 amide bonds. The Balaban J connectivity index is 1.61. The van der Waals surface area contributed by atoms with E-state index >= 15 is 0 Å². The average molecular weight is 303 g/mol. The molecule has 0 N–H and O–H groups in total. The zero-order valence-electron chi connectivity index (χ0n) is 13.7. The van der Waals surface area contributed by atoms with Crippen LogP contribution in [0.1, 0.15) is 38.7 Å². The van der Waals surface area contributed by atoms with Crippen LogP contribution in [-0.2, 0) is 14.3 Å². The molecule has 1 aromatic carbocycles. The highest BCUT2D eigenvalue weighted by Gasteiger charge is 2.50. The second-order valence-corrected chi connectivity index (χ2v) is 7.04. The number of ether oxygens (including phenoxy) is 2. The molecule has 120 valence electrons. The van der Waals surface area contributed by atoms with Crippen LogP contribution < -0.4 is 0 Å². The second-order valence-electron chi connectivity index (χ2n) is 7.04. The van der Waals surface area contributed by atoms with Gasteiger partial charge in [-0.05, 0) is 25.8 Å². The Morgan fingerprint density at radius 3 is 2.32 bits per heavy atom. The summed E-state index contributed by atoms with van der Waals surface area (Å²) >= 11 is 0. The summed E-state index contributed by atoms with van der Waals surface area (Å²) in [6, 6.07) is 10.0. The van der Waals surface area contributed by atoms with Gasteiger partial charge in [0.05, 0.1) is 24.5 Å². The summed E-state index contributed by atoms with van der Waals surface area (Å²) in [5.41, 5.74) is 1.10. The van der Waals surface area contributed by atoms with E-state index in [1.807, 2.05) is 49.1 Å². The summed E-state index contributed by atoms with van der Waals surface area (Å²) in [6.07, 6.45) is 0.826. The minimum atomic E-state index is -0.494. The smallest absolute Gasteiger partial charge is 0.230 e. The molecule has 2 heterocycles. The third-order valence-corrected chi connectivity index (χ3v) is 4.72. The van der Waals surface area contributed by atoms with Crippen molar-refractivity contribution in [3.8, 4) is 0 Å². The number of rotatable bonds is 3. The Morgan fingerprint density at radius 2 is 1.77 bits per heavy atom. The Hall–Kier alpha value is -1.39. The van der Waals surface area contributed by atoms with Crippen LogP contribution in [0.2, 0.25) is 0 Å². The van der Waals surface area contributed by atoms with Gasteiger partial charge >= 0.3 is 0 Å². The minimum Gasteiger partial charge on any atom is -0.350 e. The molecule has 0 bridgehead atoms. The maximum atomic E-state index is 12.8. The molecule has 22 heavy (non-hydrogen) atoms. The van der Waals surface area contributed by atoms with Crippen molar-refractivity contribution in [1.29, 1.82) is 0 Å². The number of carbonyl (C=O) groups is 1. The predicted octanol–water partition coefficient (Wildman–Crippen LogP) is 2.79. The number of hydrogen-bond donors (Lipinski definition) is 0. The monoisotopic (exact) mass is 303 g/mol. The maximum absolute atomic E-state index is 12.8. The van der Waals surface area contributed by atoms with E-state index in [-0.39, 0.29) is 17.2 Å². The number of benzene rings is 1. The zero-order chi connectivity index (χ0) is 15.8. The Labute approximate surface area is 132 Å². The van der Waals surface area contributed by atoms with Crippen molar-refractivity contribution in [1.82, 2.24) is 4.90 Å². The second kappa shape index (κ2) is 5.67. The molecule has 0 radical (unpaired) electrons. The van der Waals surface area contributed by atoms with Crippen LogP contribution in [-0.4, -0.2) is 42.9 Å². The third kappa shape index (κ3) is 2.90. The quantitative estimate of drug-likeness (QED) is 0.862. The van der Waals surface area contributed by atoms with Crippen LogP contribution in [0.15, 0.2) is 30.3 Å². The summed E-state index contributed by atoms with van der Waals surface area (Å²) in [6.45, 7) is 8.77. The van der Waals surface area contributed by atoms with Crippen molar-refractivity contribution in [3.63, 3.8) is 0 Å². The summed E-state index contributed by atoms with van der Waals surface area (Å²) in [7, 11) is 0. The van der Waals surface area contributed by atoms with E-state index in [1.54, 1.807) is 0 Å². The molecule has 4 nitrogen and oxygen atoms in total. The fourth-order valence-corrected chi connectivity index (χ4v) is 3.30. The van der Waals surface area contributed by atoms with E-state index in [9.17, 15) is 4.79 Å². The fourth-order valence-electron chi connectivity index (χ4n) is 3.30. The van der Waals surface area contributed by atoms with Gasteiger partial charge in [0.15, 0.2) is 5.79 Å². The highest BCUT2D eigenvalue weighted by molar-refractivity contribution is 5.84. The standard InChI is InChI=1S/C18H25NO3/c1-4-15(14-8-6-5-7-9-14)16(20)19-10-18(11-19)12-21-17(2,3)22-13-18/h5-9,15H,4,10-13H2,1-3H3/t15-/m0/s1. The van der Waals surface area contributed by atoms with Crippen LogP contribution >= 0.6 is 0 Å². The number of nitrogens with zero attached hydrogens (tertiary/aromatic N) is 1. The van der Waals surface area contributed by atoms with E-state index in [0.29, 0.717) is 13.2 Å². The largest absolute Gasteiger partial charge is 0.350 e. The van der Waals surface area contributed by atoms with Crippen LogP contribution in [0.3, 0.4) is 0 Å². The molecule has 0 aromatic heterocycles. The SMILES string of the molecule is CC[C@H](C(=O)N1CC2(COC(C)(C)OC2)C1)c1ccccc1. The van der Waals surface area contributed by atoms with Gasteiger partial charge in [-0.25, -0.2) is 0 Å². The van der Waals surface area contributed by atoms with Gasteiger partial charge in [0, 0.05) is 13.1 Å². The summed E-state index contributed by atoms with van der Waals surface area (Å²) < 4.78 is 11.5. The lowest BCUT2D eigenvalue weighted by molar-refractivity contribution is -0.303. The van der Waals surface area contributed by atoms with E-state index in [2.05, 4.69) is 6.92 Å². The fraction of sp³-hybridized carbons (Fsp3) is 0.611. The zero-order valence-corrected chi connectivity index (χ0v) is 13.7. The molecule has 0 unspecified atom stereocenters. The molecule has 0 aliphatic carbocycles. The number of carbonyl (C=O) groups excluding carboxylic acids is 1. The predicted molar refractivity (Wildman–Crippen MR) is 84.5 cm³/mol. The van der Waals surface area contributed by atoms with Crippen molar-refractivity contribution in [2.24, 2.45) is 5.41 Å². The third-order valence-electron chi connectivity index (χ3n) is 4.72. The van der Waals surface area contributed by atoms with Gasteiger partial charge in [0.25, 0.3) is 0 Å².